The molecule has 0 heterocycles. The van der Waals surface area contributed by atoms with Gasteiger partial charge in [0.2, 0.25) is 0 Å². The molecule has 1 atom stereocenters. The van der Waals surface area contributed by atoms with E-state index in [-0.39, 0.29) is 0 Å². The number of ether oxygens (including phenoxy) is 1. The first-order valence-corrected chi connectivity index (χ1v) is 5.06. The third-order valence-electron chi connectivity index (χ3n) is 0.756. The Morgan fingerprint density at radius 1 is 1.54 bits per heavy atom. The molecule has 1 unspecified atom stereocenters. The highest BCUT2D eigenvalue weighted by atomic mass is 31.2. The SMILES string of the molecule is C=CCOC(O)CC.O=P(O)(O)O. The van der Waals surface area contributed by atoms with Gasteiger partial charge in [-0.25, -0.2) is 4.57 Å². The zero-order valence-corrected chi connectivity index (χ0v) is 8.22. The van der Waals surface area contributed by atoms with E-state index >= 15 is 0 Å². The fourth-order valence-electron chi connectivity index (χ4n) is 0.297. The molecule has 13 heavy (non-hydrogen) atoms. The molecule has 80 valence electrons. The lowest BCUT2D eigenvalue weighted by Crippen LogP contribution is -2.09. The summed E-state index contributed by atoms with van der Waals surface area (Å²) in [5.74, 6) is 0. The standard InChI is InChI=1S/C6H12O2.H3O4P/c1-3-5-8-6(7)4-2;1-5(2,3)4/h3,6-7H,1,4-5H2,2H3;(H3,1,2,3,4). The fraction of sp³-hybridized carbons (Fsp3) is 0.667. The van der Waals surface area contributed by atoms with E-state index in [1.807, 2.05) is 6.92 Å². The van der Waals surface area contributed by atoms with Gasteiger partial charge in [0.25, 0.3) is 0 Å². The summed E-state index contributed by atoms with van der Waals surface area (Å²) >= 11 is 0. The molecule has 0 fully saturated rings. The third-order valence-corrected chi connectivity index (χ3v) is 0.756. The number of rotatable bonds is 4. The van der Waals surface area contributed by atoms with E-state index in [1.54, 1.807) is 6.08 Å². The number of hydrogen-bond donors (Lipinski definition) is 4. The Kier molecular flexibility index (Phi) is 9.82. The van der Waals surface area contributed by atoms with Crippen LogP contribution in [0.4, 0.5) is 0 Å². The Labute approximate surface area is 76.7 Å². The van der Waals surface area contributed by atoms with Crippen molar-refractivity contribution in [1.82, 2.24) is 0 Å². The van der Waals surface area contributed by atoms with Gasteiger partial charge in [0, 0.05) is 0 Å². The second kappa shape index (κ2) is 8.37. The maximum atomic E-state index is 8.88. The predicted molar refractivity (Wildman–Crippen MR) is 46.7 cm³/mol. The molecular weight excluding hydrogens is 199 g/mol. The minimum Gasteiger partial charge on any atom is -0.368 e. The molecule has 0 aromatic carbocycles. The van der Waals surface area contributed by atoms with Crippen molar-refractivity contribution in [2.45, 2.75) is 19.6 Å². The van der Waals surface area contributed by atoms with Gasteiger partial charge in [-0.3, -0.25) is 0 Å². The van der Waals surface area contributed by atoms with E-state index in [0.717, 1.165) is 0 Å². The number of aliphatic hydroxyl groups excluding tert-OH is 1. The van der Waals surface area contributed by atoms with Gasteiger partial charge in [-0.15, -0.1) is 6.58 Å². The molecule has 0 saturated carbocycles. The van der Waals surface area contributed by atoms with Crippen molar-refractivity contribution in [2.75, 3.05) is 6.61 Å². The summed E-state index contributed by atoms with van der Waals surface area (Å²) in [6.07, 6.45) is 1.63. The van der Waals surface area contributed by atoms with Crippen LogP contribution in [0, 0.1) is 0 Å². The molecule has 0 aliphatic heterocycles. The molecule has 0 saturated heterocycles. The Bertz CT molecular complexity index is 156. The van der Waals surface area contributed by atoms with Crippen molar-refractivity contribution < 1.29 is 29.1 Å². The van der Waals surface area contributed by atoms with E-state index in [4.69, 9.17) is 29.1 Å². The highest BCUT2D eigenvalue weighted by Gasteiger charge is 2.00. The molecular formula is C6H15O6P. The fourth-order valence-corrected chi connectivity index (χ4v) is 0.297. The van der Waals surface area contributed by atoms with Gasteiger partial charge in [0.15, 0.2) is 6.29 Å². The van der Waals surface area contributed by atoms with Crippen LogP contribution in [0.5, 0.6) is 0 Å². The van der Waals surface area contributed by atoms with Crippen molar-refractivity contribution in [3.63, 3.8) is 0 Å². The monoisotopic (exact) mass is 214 g/mol. The van der Waals surface area contributed by atoms with Crippen LogP contribution in [0.15, 0.2) is 12.7 Å². The maximum absolute atomic E-state index is 8.88. The lowest BCUT2D eigenvalue weighted by Gasteiger charge is -2.05. The highest BCUT2D eigenvalue weighted by molar-refractivity contribution is 7.45. The van der Waals surface area contributed by atoms with Crippen LogP contribution < -0.4 is 0 Å². The van der Waals surface area contributed by atoms with Gasteiger partial charge < -0.3 is 24.5 Å². The van der Waals surface area contributed by atoms with Crippen LogP contribution in [0.25, 0.3) is 0 Å². The number of phosphoric acid groups is 1. The van der Waals surface area contributed by atoms with E-state index < -0.39 is 14.1 Å². The zero-order valence-electron chi connectivity index (χ0n) is 7.33. The summed E-state index contributed by atoms with van der Waals surface area (Å²) < 4.78 is 13.7. The summed E-state index contributed by atoms with van der Waals surface area (Å²) in [6, 6.07) is 0. The largest absolute Gasteiger partial charge is 0.466 e. The molecule has 0 aromatic rings. The normalized spacial score (nSPS) is 12.7. The molecule has 0 rings (SSSR count). The Morgan fingerprint density at radius 2 is 1.92 bits per heavy atom. The van der Waals surface area contributed by atoms with E-state index in [0.29, 0.717) is 13.0 Å². The number of aliphatic hydroxyl groups is 1. The molecule has 4 N–H and O–H groups in total. The van der Waals surface area contributed by atoms with E-state index in [1.165, 1.54) is 0 Å². The van der Waals surface area contributed by atoms with Crippen LogP contribution in [0.1, 0.15) is 13.3 Å². The first kappa shape index (κ1) is 15.3. The highest BCUT2D eigenvalue weighted by Crippen LogP contribution is 2.25. The molecule has 0 radical (unpaired) electrons. The third kappa shape index (κ3) is 33.7. The quantitative estimate of drug-likeness (QED) is 0.298. The van der Waals surface area contributed by atoms with Gasteiger partial charge >= 0.3 is 7.82 Å². The summed E-state index contributed by atoms with van der Waals surface area (Å²) in [5, 5.41) is 8.72. The molecule has 6 nitrogen and oxygen atoms in total. The van der Waals surface area contributed by atoms with Crippen LogP contribution in [-0.4, -0.2) is 32.7 Å². The van der Waals surface area contributed by atoms with Crippen molar-refractivity contribution in [3.05, 3.63) is 12.7 Å². The van der Waals surface area contributed by atoms with Gasteiger partial charge in [0.1, 0.15) is 0 Å². The summed E-state index contributed by atoms with van der Waals surface area (Å²) in [7, 11) is -4.64. The van der Waals surface area contributed by atoms with Gasteiger partial charge in [-0.1, -0.05) is 13.0 Å². The van der Waals surface area contributed by atoms with Crippen LogP contribution in [-0.2, 0) is 9.30 Å². The first-order chi connectivity index (χ1) is 5.81. The molecule has 7 heteroatoms. The Balaban J connectivity index is 0. The average Bonchev–Trinajstić information content (AvgIpc) is 1.97. The first-order valence-electron chi connectivity index (χ1n) is 3.50. The molecule has 0 aromatic heterocycles. The summed E-state index contributed by atoms with van der Waals surface area (Å²) in [5.41, 5.74) is 0. The zero-order chi connectivity index (χ0) is 10.9. The van der Waals surface area contributed by atoms with Crippen LogP contribution >= 0.6 is 7.82 Å². The minimum absolute atomic E-state index is 0.426. The topological polar surface area (TPSA) is 107 Å². The second-order valence-corrected chi connectivity index (χ2v) is 3.02. The molecule has 0 spiro atoms. The minimum atomic E-state index is -4.64. The molecule has 0 bridgehead atoms. The van der Waals surface area contributed by atoms with E-state index in [2.05, 4.69) is 6.58 Å². The van der Waals surface area contributed by atoms with Gasteiger partial charge in [-0.2, -0.15) is 0 Å². The van der Waals surface area contributed by atoms with Gasteiger partial charge in [-0.05, 0) is 6.42 Å². The summed E-state index contributed by atoms with van der Waals surface area (Å²) in [6.45, 7) is 5.71. The van der Waals surface area contributed by atoms with Gasteiger partial charge in [0.05, 0.1) is 6.61 Å². The van der Waals surface area contributed by atoms with Crippen molar-refractivity contribution >= 4 is 7.82 Å². The lowest BCUT2D eigenvalue weighted by atomic mass is 10.5. The maximum Gasteiger partial charge on any atom is 0.466 e. The second-order valence-electron chi connectivity index (χ2n) is 2.00. The van der Waals surface area contributed by atoms with Crippen molar-refractivity contribution in [2.24, 2.45) is 0 Å². The molecule has 0 aliphatic carbocycles. The Morgan fingerprint density at radius 3 is 2.15 bits per heavy atom. The van der Waals surface area contributed by atoms with Crippen LogP contribution in [0.2, 0.25) is 0 Å². The lowest BCUT2D eigenvalue weighted by molar-refractivity contribution is -0.0896. The smallest absolute Gasteiger partial charge is 0.368 e. The predicted octanol–water partition coefficient (Wildman–Crippen LogP) is -0.0112. The summed E-state index contributed by atoms with van der Waals surface area (Å²) in [4.78, 5) is 21.6. The number of hydrogen-bond acceptors (Lipinski definition) is 3. The van der Waals surface area contributed by atoms with Crippen molar-refractivity contribution in [1.29, 1.82) is 0 Å². The Hall–Kier alpha value is -0.230. The molecule has 0 amide bonds. The van der Waals surface area contributed by atoms with Crippen LogP contribution in [0.3, 0.4) is 0 Å². The average molecular weight is 214 g/mol. The molecule has 0 aliphatic rings. The van der Waals surface area contributed by atoms with Crippen molar-refractivity contribution in [3.8, 4) is 0 Å². The van der Waals surface area contributed by atoms with E-state index in [9.17, 15) is 0 Å².